The Balaban J connectivity index is 2.10. The van der Waals surface area contributed by atoms with E-state index in [-0.39, 0.29) is 28.4 Å². The van der Waals surface area contributed by atoms with Crippen molar-refractivity contribution in [3.8, 4) is 0 Å². The van der Waals surface area contributed by atoms with Crippen LogP contribution in [-0.2, 0) is 11.3 Å². The van der Waals surface area contributed by atoms with Gasteiger partial charge in [-0.05, 0) is 24.3 Å². The number of nitrogen functional groups attached to an aromatic ring is 1. The maximum absolute atomic E-state index is 13.6. The summed E-state index contributed by atoms with van der Waals surface area (Å²) in [6, 6.07) is 7.71. The van der Waals surface area contributed by atoms with E-state index in [1.54, 1.807) is 0 Å². The summed E-state index contributed by atoms with van der Waals surface area (Å²) >= 11 is 5.61. The molecule has 6 heteroatoms. The fourth-order valence-corrected chi connectivity index (χ4v) is 1.81. The van der Waals surface area contributed by atoms with Crippen LogP contribution in [0.1, 0.15) is 15.9 Å². The third kappa shape index (κ3) is 3.24. The summed E-state index contributed by atoms with van der Waals surface area (Å²) in [5.74, 6) is -2.10. The highest BCUT2D eigenvalue weighted by atomic mass is 35.5. The lowest BCUT2D eigenvalue weighted by atomic mass is 10.2. The number of nitrogens with two attached hydrogens (primary N) is 1. The van der Waals surface area contributed by atoms with E-state index in [4.69, 9.17) is 22.1 Å². The Bertz CT molecular complexity index is 641. The van der Waals surface area contributed by atoms with E-state index in [1.807, 2.05) is 0 Å². The van der Waals surface area contributed by atoms with Crippen molar-refractivity contribution in [2.75, 3.05) is 5.73 Å². The largest absolute Gasteiger partial charge is 0.457 e. The van der Waals surface area contributed by atoms with Gasteiger partial charge < -0.3 is 10.5 Å². The van der Waals surface area contributed by atoms with Crippen molar-refractivity contribution in [2.24, 2.45) is 0 Å². The molecule has 0 spiro atoms. The first-order chi connectivity index (χ1) is 9.47. The summed E-state index contributed by atoms with van der Waals surface area (Å²) < 4.78 is 31.6. The topological polar surface area (TPSA) is 52.3 Å². The van der Waals surface area contributed by atoms with Crippen LogP contribution in [0, 0.1) is 11.6 Å². The monoisotopic (exact) mass is 297 g/mol. The van der Waals surface area contributed by atoms with Gasteiger partial charge >= 0.3 is 5.97 Å². The predicted octanol–water partition coefficient (Wildman–Crippen LogP) is 3.56. The van der Waals surface area contributed by atoms with Gasteiger partial charge in [-0.2, -0.15) is 0 Å². The maximum atomic E-state index is 13.6. The highest BCUT2D eigenvalue weighted by Gasteiger charge is 2.12. The summed E-state index contributed by atoms with van der Waals surface area (Å²) in [6.45, 7) is -0.304. The molecule has 0 amide bonds. The van der Waals surface area contributed by atoms with Crippen molar-refractivity contribution in [1.29, 1.82) is 0 Å². The van der Waals surface area contributed by atoms with Gasteiger partial charge in [0.1, 0.15) is 18.2 Å². The van der Waals surface area contributed by atoms with E-state index in [0.29, 0.717) is 0 Å². The number of esters is 1. The summed E-state index contributed by atoms with van der Waals surface area (Å²) in [5, 5.41) is -0.0615. The number of ether oxygens (including phenoxy) is 1. The number of hydrogen-bond donors (Lipinski definition) is 1. The lowest BCUT2D eigenvalue weighted by Crippen LogP contribution is -2.07. The van der Waals surface area contributed by atoms with E-state index in [9.17, 15) is 13.6 Å². The van der Waals surface area contributed by atoms with Gasteiger partial charge in [0.25, 0.3) is 0 Å². The summed E-state index contributed by atoms with van der Waals surface area (Å²) in [4.78, 5) is 11.7. The van der Waals surface area contributed by atoms with Gasteiger partial charge in [0.15, 0.2) is 0 Å². The third-order valence-corrected chi connectivity index (χ3v) is 2.84. The number of hydrogen-bond acceptors (Lipinski definition) is 3. The predicted molar refractivity (Wildman–Crippen MR) is 71.3 cm³/mol. The second-order valence-electron chi connectivity index (χ2n) is 4.06. The van der Waals surface area contributed by atoms with Crippen LogP contribution in [0.5, 0.6) is 0 Å². The van der Waals surface area contributed by atoms with E-state index in [2.05, 4.69) is 0 Å². The molecule has 2 rings (SSSR count). The second-order valence-corrected chi connectivity index (χ2v) is 4.47. The molecular formula is C14H10ClF2NO2. The molecule has 0 aliphatic heterocycles. The van der Waals surface area contributed by atoms with Crippen LogP contribution in [0.2, 0.25) is 5.02 Å². The first-order valence-corrected chi connectivity index (χ1v) is 6.01. The first-order valence-electron chi connectivity index (χ1n) is 5.63. The molecule has 2 aromatic rings. The molecular weight excluding hydrogens is 288 g/mol. The van der Waals surface area contributed by atoms with Crippen LogP contribution in [0.3, 0.4) is 0 Å². The molecule has 0 bridgehead atoms. The highest BCUT2D eigenvalue weighted by molar-refractivity contribution is 6.30. The Morgan fingerprint density at radius 2 is 2.00 bits per heavy atom. The fraction of sp³-hybridized carbons (Fsp3) is 0.0714. The normalized spacial score (nSPS) is 10.3. The van der Waals surface area contributed by atoms with Gasteiger partial charge in [0, 0.05) is 11.3 Å². The van der Waals surface area contributed by atoms with E-state index < -0.39 is 17.6 Å². The van der Waals surface area contributed by atoms with Gasteiger partial charge in [0.05, 0.1) is 10.6 Å². The molecule has 0 fully saturated rings. The lowest BCUT2D eigenvalue weighted by molar-refractivity contribution is 0.0468. The molecule has 0 radical (unpaired) electrons. The number of benzene rings is 2. The minimum Gasteiger partial charge on any atom is -0.457 e. The molecule has 0 saturated heterocycles. The minimum absolute atomic E-state index is 0.0371. The van der Waals surface area contributed by atoms with E-state index in [0.717, 1.165) is 12.1 Å². The van der Waals surface area contributed by atoms with E-state index >= 15 is 0 Å². The molecule has 0 heterocycles. The smallest absolute Gasteiger partial charge is 0.338 e. The molecule has 0 aromatic heterocycles. The van der Waals surface area contributed by atoms with Crippen LogP contribution in [0.25, 0.3) is 0 Å². The van der Waals surface area contributed by atoms with Gasteiger partial charge in [-0.25, -0.2) is 13.6 Å². The molecule has 2 aromatic carbocycles. The summed E-state index contributed by atoms with van der Waals surface area (Å²) in [5.41, 5.74) is 5.62. The van der Waals surface area contributed by atoms with Crippen LogP contribution in [-0.4, -0.2) is 5.97 Å². The Morgan fingerprint density at radius 3 is 2.70 bits per heavy atom. The number of carbonyl (C=O) groups excluding carboxylic acids is 1. The Morgan fingerprint density at radius 1 is 1.25 bits per heavy atom. The second kappa shape index (κ2) is 5.88. The zero-order valence-electron chi connectivity index (χ0n) is 10.2. The Kier molecular flexibility index (Phi) is 4.20. The molecule has 0 saturated carbocycles. The van der Waals surface area contributed by atoms with Gasteiger partial charge in [-0.15, -0.1) is 0 Å². The molecule has 104 valence electrons. The molecule has 0 atom stereocenters. The van der Waals surface area contributed by atoms with Crippen molar-refractivity contribution >= 4 is 23.3 Å². The Hall–Kier alpha value is -2.14. The Labute approximate surface area is 118 Å². The number of carbonyl (C=O) groups is 1. The number of anilines is 1. The standard InChI is InChI=1S/C14H10ClF2NO2/c15-12-3-1-2-8(13(12)17)7-20-14(19)9-4-10(16)6-11(18)5-9/h1-6H,7,18H2. The number of rotatable bonds is 3. The van der Waals surface area contributed by atoms with Crippen molar-refractivity contribution in [2.45, 2.75) is 6.61 Å². The zero-order chi connectivity index (χ0) is 14.7. The van der Waals surface area contributed by atoms with Crippen LogP contribution >= 0.6 is 11.6 Å². The van der Waals surface area contributed by atoms with Crippen molar-refractivity contribution in [3.63, 3.8) is 0 Å². The molecule has 0 aliphatic rings. The van der Waals surface area contributed by atoms with Crippen molar-refractivity contribution in [1.82, 2.24) is 0 Å². The average molecular weight is 298 g/mol. The first kappa shape index (κ1) is 14.3. The molecule has 3 nitrogen and oxygen atoms in total. The maximum Gasteiger partial charge on any atom is 0.338 e. The molecule has 0 unspecified atom stereocenters. The zero-order valence-corrected chi connectivity index (χ0v) is 11.0. The lowest BCUT2D eigenvalue weighted by Gasteiger charge is -2.07. The minimum atomic E-state index is -0.796. The highest BCUT2D eigenvalue weighted by Crippen LogP contribution is 2.19. The van der Waals surface area contributed by atoms with Crippen LogP contribution in [0.4, 0.5) is 14.5 Å². The van der Waals surface area contributed by atoms with Gasteiger partial charge in [-0.3, -0.25) is 0 Å². The SMILES string of the molecule is Nc1cc(F)cc(C(=O)OCc2cccc(Cl)c2F)c1. The van der Waals surface area contributed by atoms with Crippen molar-refractivity contribution in [3.05, 3.63) is 64.2 Å². The van der Waals surface area contributed by atoms with Gasteiger partial charge in [0.2, 0.25) is 0 Å². The molecule has 0 aliphatic carbocycles. The number of halogens is 3. The molecule has 20 heavy (non-hydrogen) atoms. The molecule has 2 N–H and O–H groups in total. The van der Waals surface area contributed by atoms with Gasteiger partial charge in [-0.1, -0.05) is 23.7 Å². The average Bonchev–Trinajstić information content (AvgIpc) is 2.39. The quantitative estimate of drug-likeness (QED) is 0.696. The van der Waals surface area contributed by atoms with Crippen LogP contribution < -0.4 is 5.73 Å². The summed E-state index contributed by atoms with van der Waals surface area (Å²) in [7, 11) is 0. The van der Waals surface area contributed by atoms with Crippen molar-refractivity contribution < 1.29 is 18.3 Å². The van der Waals surface area contributed by atoms with Crippen LogP contribution in [0.15, 0.2) is 36.4 Å². The summed E-state index contributed by atoms with van der Waals surface area (Å²) in [6.07, 6.45) is 0. The third-order valence-electron chi connectivity index (χ3n) is 2.55. The van der Waals surface area contributed by atoms with E-state index in [1.165, 1.54) is 24.3 Å². The fourth-order valence-electron chi connectivity index (χ4n) is 1.62.